The first-order valence-corrected chi connectivity index (χ1v) is 18.0. The topological polar surface area (TPSA) is 89.8 Å². The second kappa shape index (κ2) is 10.4. The lowest BCUT2D eigenvalue weighted by Gasteiger charge is -2.37. The van der Waals surface area contributed by atoms with Crippen LogP contribution in [-0.4, -0.2) is 79.5 Å². The standard InChI is InChI=1S/C27H42BFN2O6SSi/c1-24(2)25(3,4)37-28(36-24)18-10-11-20(29)19(14-18)26(5)21-15-27(21,16-34-6)38-22(30-26)31(23(32)33)17-35-12-13-39(7,8)9/h10-11,14,21H,12-13,15-17H2,1-9H3,(H,32,33)/t21-,26+,27+/m0/s1. The Kier molecular flexibility index (Phi) is 8.17. The van der Waals surface area contributed by atoms with E-state index in [0.29, 0.717) is 29.4 Å². The Balaban J connectivity index is 1.69. The summed E-state index contributed by atoms with van der Waals surface area (Å²) in [5, 5.41) is 10.4. The molecule has 1 saturated heterocycles. The van der Waals surface area contributed by atoms with Crippen LogP contribution in [0.15, 0.2) is 23.2 Å². The number of carboxylic acid groups (broad SMARTS) is 1. The highest BCUT2D eigenvalue weighted by Crippen LogP contribution is 2.66. The first-order valence-electron chi connectivity index (χ1n) is 13.5. The van der Waals surface area contributed by atoms with Gasteiger partial charge in [-0.25, -0.2) is 14.1 Å². The average Bonchev–Trinajstić information content (AvgIpc) is 3.47. The second-order valence-corrected chi connectivity index (χ2v) is 20.3. The van der Waals surface area contributed by atoms with E-state index < -0.39 is 48.6 Å². The van der Waals surface area contributed by atoms with E-state index in [1.54, 1.807) is 19.2 Å². The van der Waals surface area contributed by atoms with Crippen molar-refractivity contribution >= 4 is 43.7 Å². The molecule has 1 N–H and O–H groups in total. The fourth-order valence-corrected chi connectivity index (χ4v) is 7.57. The maximum absolute atomic E-state index is 15.6. The number of thioether (sulfide) groups is 1. The molecule has 0 spiro atoms. The Morgan fingerprint density at radius 1 is 1.23 bits per heavy atom. The zero-order valence-corrected chi connectivity index (χ0v) is 26.4. The molecule has 0 radical (unpaired) electrons. The quantitative estimate of drug-likeness (QED) is 0.246. The van der Waals surface area contributed by atoms with Gasteiger partial charge < -0.3 is 23.9 Å². The molecule has 1 aliphatic carbocycles. The Labute approximate surface area is 237 Å². The van der Waals surface area contributed by atoms with E-state index in [1.165, 1.54) is 17.8 Å². The maximum atomic E-state index is 15.6. The third kappa shape index (κ3) is 5.97. The van der Waals surface area contributed by atoms with E-state index in [2.05, 4.69) is 19.6 Å². The number of carbonyl (C=O) groups is 1. The van der Waals surface area contributed by atoms with Crippen molar-refractivity contribution in [3.63, 3.8) is 0 Å². The minimum atomic E-state index is -1.34. The summed E-state index contributed by atoms with van der Waals surface area (Å²) in [7, 11) is -0.365. The van der Waals surface area contributed by atoms with Gasteiger partial charge in [0.15, 0.2) is 5.17 Å². The van der Waals surface area contributed by atoms with Crippen molar-refractivity contribution in [1.82, 2.24) is 4.90 Å². The zero-order valence-electron chi connectivity index (χ0n) is 24.6. The number of hydrogen-bond acceptors (Lipinski definition) is 7. The molecule has 2 heterocycles. The largest absolute Gasteiger partial charge is 0.494 e. The molecule has 0 aromatic heterocycles. The number of methoxy groups -OCH3 is 1. The van der Waals surface area contributed by atoms with Gasteiger partial charge in [-0.15, -0.1) is 0 Å². The van der Waals surface area contributed by atoms with E-state index in [1.807, 2.05) is 34.6 Å². The Morgan fingerprint density at radius 3 is 2.44 bits per heavy atom. The van der Waals surface area contributed by atoms with E-state index in [9.17, 15) is 9.90 Å². The Bertz CT molecular complexity index is 1130. The summed E-state index contributed by atoms with van der Waals surface area (Å²) in [6.45, 7) is 17.3. The third-order valence-electron chi connectivity index (χ3n) is 8.45. The molecule has 12 heteroatoms. The van der Waals surface area contributed by atoms with Crippen LogP contribution >= 0.6 is 11.8 Å². The number of fused-ring (bicyclic) bond motifs is 1. The monoisotopic (exact) mass is 580 g/mol. The summed E-state index contributed by atoms with van der Waals surface area (Å²) in [5.41, 5.74) is -1.01. The minimum absolute atomic E-state index is 0.0369. The molecule has 3 aliphatic rings. The van der Waals surface area contributed by atoms with Crippen LogP contribution in [-0.2, 0) is 24.3 Å². The Morgan fingerprint density at radius 2 is 1.87 bits per heavy atom. The van der Waals surface area contributed by atoms with Crippen LogP contribution < -0.4 is 5.46 Å². The van der Waals surface area contributed by atoms with Crippen LogP contribution in [0.1, 0.15) is 46.6 Å². The molecular formula is C27H42BFN2O6SSi. The number of benzene rings is 1. The predicted octanol–water partition coefficient (Wildman–Crippen LogP) is 5.14. The van der Waals surface area contributed by atoms with Crippen molar-refractivity contribution in [1.29, 1.82) is 0 Å². The highest BCUT2D eigenvalue weighted by molar-refractivity contribution is 8.15. The first kappa shape index (κ1) is 30.5. The van der Waals surface area contributed by atoms with Crippen LogP contribution in [0.25, 0.3) is 0 Å². The lowest BCUT2D eigenvalue weighted by atomic mass is 9.75. The van der Waals surface area contributed by atoms with E-state index in [0.717, 1.165) is 17.4 Å². The van der Waals surface area contributed by atoms with Gasteiger partial charge >= 0.3 is 13.2 Å². The molecule has 2 aliphatic heterocycles. The van der Waals surface area contributed by atoms with Gasteiger partial charge in [0.25, 0.3) is 0 Å². The van der Waals surface area contributed by atoms with E-state index >= 15 is 4.39 Å². The van der Waals surface area contributed by atoms with Gasteiger partial charge in [0.2, 0.25) is 0 Å². The lowest BCUT2D eigenvalue weighted by Crippen LogP contribution is -2.44. The number of halogens is 1. The molecule has 3 atom stereocenters. The lowest BCUT2D eigenvalue weighted by molar-refractivity contribution is 0.00578. The van der Waals surface area contributed by atoms with Crippen molar-refractivity contribution in [2.24, 2.45) is 10.9 Å². The van der Waals surface area contributed by atoms with Gasteiger partial charge in [-0.05, 0) is 58.6 Å². The molecule has 4 rings (SSSR count). The van der Waals surface area contributed by atoms with E-state index in [-0.39, 0.29) is 12.6 Å². The van der Waals surface area contributed by atoms with Crippen LogP contribution in [0.2, 0.25) is 25.7 Å². The minimum Gasteiger partial charge on any atom is -0.465 e. The number of amidine groups is 1. The van der Waals surface area contributed by atoms with Crippen LogP contribution in [0.4, 0.5) is 9.18 Å². The van der Waals surface area contributed by atoms with Gasteiger partial charge in [-0.1, -0.05) is 43.5 Å². The van der Waals surface area contributed by atoms with Crippen molar-refractivity contribution in [2.45, 2.75) is 88.2 Å². The SMILES string of the molecule is COC[C@]12C[C@H]1[C@@](C)(c1cc(B3OC(C)(C)C(C)(C)O3)ccc1F)N=C(N(COCC[Si](C)(C)C)C(=O)O)S2. The summed E-state index contributed by atoms with van der Waals surface area (Å²) in [6, 6.07) is 5.79. The Hall–Kier alpha value is -1.44. The number of rotatable bonds is 9. The molecule has 39 heavy (non-hydrogen) atoms. The molecule has 1 aromatic rings. The van der Waals surface area contributed by atoms with Gasteiger partial charge in [0.1, 0.15) is 12.5 Å². The third-order valence-corrected chi connectivity index (χ3v) is 11.6. The summed E-state index contributed by atoms with van der Waals surface area (Å²) in [5.74, 6) is -0.440. The van der Waals surface area contributed by atoms with Crippen LogP contribution in [0.5, 0.6) is 0 Å². The highest BCUT2D eigenvalue weighted by Gasteiger charge is 2.67. The number of amides is 1. The molecular weight excluding hydrogens is 538 g/mol. The van der Waals surface area contributed by atoms with Gasteiger partial charge in [0.05, 0.1) is 28.1 Å². The number of aliphatic imine (C=N–C) groups is 1. The molecule has 216 valence electrons. The maximum Gasteiger partial charge on any atom is 0.494 e. The molecule has 0 unspecified atom stereocenters. The molecule has 8 nitrogen and oxygen atoms in total. The fraction of sp³-hybridized carbons (Fsp3) is 0.704. The van der Waals surface area contributed by atoms with Crippen LogP contribution in [0, 0.1) is 11.7 Å². The summed E-state index contributed by atoms with van der Waals surface area (Å²) < 4.78 is 39.0. The summed E-state index contributed by atoms with van der Waals surface area (Å²) >= 11 is 1.39. The molecule has 2 fully saturated rings. The fourth-order valence-electron chi connectivity index (χ4n) is 5.17. The normalized spacial score (nSPS) is 29.1. The van der Waals surface area contributed by atoms with Crippen molar-refractivity contribution in [3.05, 3.63) is 29.6 Å². The highest BCUT2D eigenvalue weighted by atomic mass is 32.2. The second-order valence-electron chi connectivity index (χ2n) is 13.3. The van der Waals surface area contributed by atoms with Gasteiger partial charge in [-0.3, -0.25) is 4.99 Å². The molecule has 1 aromatic carbocycles. The number of nitrogens with zero attached hydrogens (tertiary/aromatic N) is 2. The summed E-state index contributed by atoms with van der Waals surface area (Å²) in [4.78, 5) is 18.4. The average molecular weight is 581 g/mol. The van der Waals surface area contributed by atoms with Gasteiger partial charge in [0, 0.05) is 33.3 Å². The van der Waals surface area contributed by atoms with E-state index in [4.69, 9.17) is 23.8 Å². The van der Waals surface area contributed by atoms with Gasteiger partial charge in [-0.2, -0.15) is 0 Å². The smallest absolute Gasteiger partial charge is 0.465 e. The molecule has 0 bridgehead atoms. The molecule has 1 amide bonds. The van der Waals surface area contributed by atoms with Crippen LogP contribution in [0.3, 0.4) is 0 Å². The number of hydrogen-bond donors (Lipinski definition) is 1. The first-order chi connectivity index (χ1) is 17.9. The summed E-state index contributed by atoms with van der Waals surface area (Å²) in [6.07, 6.45) is -0.436. The van der Waals surface area contributed by atoms with Crippen molar-refractivity contribution < 1.29 is 33.1 Å². The van der Waals surface area contributed by atoms with Crippen molar-refractivity contribution in [3.8, 4) is 0 Å². The molecule has 1 saturated carbocycles. The van der Waals surface area contributed by atoms with Crippen molar-refractivity contribution in [2.75, 3.05) is 27.1 Å². The predicted molar refractivity (Wildman–Crippen MR) is 156 cm³/mol. The number of ether oxygens (including phenoxy) is 2. The zero-order chi connectivity index (χ0) is 29.0.